The Bertz CT molecular complexity index is 595. The molecule has 0 spiro atoms. The van der Waals surface area contributed by atoms with Gasteiger partial charge in [-0.1, -0.05) is 0 Å². The summed E-state index contributed by atoms with van der Waals surface area (Å²) < 4.78 is 14.7. The monoisotopic (exact) mass is 263 g/mol. The standard InChI is InChI=1S/C13H14FN3O2/c1-17-7-5-10(16-17)4-6-15-12-3-2-9(14)8-11(12)13(18)19/h2-3,5,7-8,15H,4,6H2,1H3,(H,18,19). The van der Waals surface area contributed by atoms with Gasteiger partial charge >= 0.3 is 5.97 Å². The first-order valence-corrected chi connectivity index (χ1v) is 5.81. The largest absolute Gasteiger partial charge is 0.478 e. The fourth-order valence-electron chi connectivity index (χ4n) is 1.77. The number of nitrogens with one attached hydrogen (secondary N) is 1. The summed E-state index contributed by atoms with van der Waals surface area (Å²) in [5, 5.41) is 16.2. The highest BCUT2D eigenvalue weighted by Crippen LogP contribution is 2.17. The molecule has 6 heteroatoms. The van der Waals surface area contributed by atoms with Crippen molar-refractivity contribution in [3.63, 3.8) is 0 Å². The van der Waals surface area contributed by atoms with Gasteiger partial charge in [0.1, 0.15) is 5.82 Å². The van der Waals surface area contributed by atoms with E-state index in [4.69, 9.17) is 5.11 Å². The minimum absolute atomic E-state index is 0.0685. The van der Waals surface area contributed by atoms with Crippen LogP contribution in [-0.2, 0) is 13.5 Å². The molecule has 0 aliphatic carbocycles. The van der Waals surface area contributed by atoms with Gasteiger partial charge < -0.3 is 10.4 Å². The van der Waals surface area contributed by atoms with Gasteiger partial charge in [0.25, 0.3) is 0 Å². The summed E-state index contributed by atoms with van der Waals surface area (Å²) in [6.07, 6.45) is 2.51. The SMILES string of the molecule is Cn1ccc(CCNc2ccc(F)cc2C(=O)O)n1. The van der Waals surface area contributed by atoms with Gasteiger partial charge in [-0.05, 0) is 24.3 Å². The number of nitrogens with zero attached hydrogens (tertiary/aromatic N) is 2. The van der Waals surface area contributed by atoms with Gasteiger partial charge in [-0.15, -0.1) is 0 Å². The Morgan fingerprint density at radius 3 is 2.89 bits per heavy atom. The smallest absolute Gasteiger partial charge is 0.337 e. The fraction of sp³-hybridized carbons (Fsp3) is 0.231. The molecular weight excluding hydrogens is 249 g/mol. The fourth-order valence-corrected chi connectivity index (χ4v) is 1.77. The zero-order chi connectivity index (χ0) is 13.8. The van der Waals surface area contributed by atoms with E-state index in [1.165, 1.54) is 12.1 Å². The molecule has 0 unspecified atom stereocenters. The molecule has 1 heterocycles. The predicted octanol–water partition coefficient (Wildman–Crippen LogP) is 1.91. The number of carboxylic acid groups (broad SMARTS) is 1. The van der Waals surface area contributed by atoms with Crippen molar-refractivity contribution in [2.45, 2.75) is 6.42 Å². The number of benzene rings is 1. The number of rotatable bonds is 5. The highest BCUT2D eigenvalue weighted by atomic mass is 19.1. The highest BCUT2D eigenvalue weighted by Gasteiger charge is 2.10. The number of aryl methyl sites for hydroxylation is 1. The maximum absolute atomic E-state index is 13.0. The Morgan fingerprint density at radius 1 is 1.47 bits per heavy atom. The van der Waals surface area contributed by atoms with Gasteiger partial charge in [0.15, 0.2) is 0 Å². The number of hydrogen-bond donors (Lipinski definition) is 2. The lowest BCUT2D eigenvalue weighted by molar-refractivity contribution is 0.0697. The van der Waals surface area contributed by atoms with Crippen LogP contribution in [0.4, 0.5) is 10.1 Å². The van der Waals surface area contributed by atoms with Crippen LogP contribution in [0.5, 0.6) is 0 Å². The molecule has 100 valence electrons. The van der Waals surface area contributed by atoms with E-state index >= 15 is 0 Å². The first-order valence-electron chi connectivity index (χ1n) is 5.81. The molecule has 0 fully saturated rings. The zero-order valence-corrected chi connectivity index (χ0v) is 10.4. The molecule has 0 saturated heterocycles. The topological polar surface area (TPSA) is 67.2 Å². The van der Waals surface area contributed by atoms with E-state index in [2.05, 4.69) is 10.4 Å². The summed E-state index contributed by atoms with van der Waals surface area (Å²) in [4.78, 5) is 11.0. The predicted molar refractivity (Wildman–Crippen MR) is 68.8 cm³/mol. The first-order chi connectivity index (χ1) is 9.06. The lowest BCUT2D eigenvalue weighted by Crippen LogP contribution is -2.10. The van der Waals surface area contributed by atoms with Crippen molar-refractivity contribution < 1.29 is 14.3 Å². The van der Waals surface area contributed by atoms with Gasteiger partial charge in [-0.2, -0.15) is 5.10 Å². The van der Waals surface area contributed by atoms with E-state index in [9.17, 15) is 9.18 Å². The third-order valence-electron chi connectivity index (χ3n) is 2.68. The minimum Gasteiger partial charge on any atom is -0.478 e. The van der Waals surface area contributed by atoms with Crippen LogP contribution in [0, 0.1) is 5.82 Å². The second kappa shape index (κ2) is 5.51. The van der Waals surface area contributed by atoms with Crippen molar-refractivity contribution in [3.8, 4) is 0 Å². The maximum atomic E-state index is 13.0. The second-order valence-electron chi connectivity index (χ2n) is 4.15. The second-order valence-corrected chi connectivity index (χ2v) is 4.15. The minimum atomic E-state index is -1.15. The van der Waals surface area contributed by atoms with Crippen LogP contribution in [-0.4, -0.2) is 27.4 Å². The van der Waals surface area contributed by atoms with Crippen molar-refractivity contribution in [3.05, 3.63) is 47.5 Å². The van der Waals surface area contributed by atoms with E-state index in [1.807, 2.05) is 19.3 Å². The van der Waals surface area contributed by atoms with Crippen LogP contribution in [0.1, 0.15) is 16.1 Å². The Kier molecular flexibility index (Phi) is 3.79. The van der Waals surface area contributed by atoms with Gasteiger partial charge in [0.2, 0.25) is 0 Å². The molecule has 0 radical (unpaired) electrons. The highest BCUT2D eigenvalue weighted by molar-refractivity contribution is 5.94. The van der Waals surface area contributed by atoms with Gasteiger partial charge in [-0.3, -0.25) is 4.68 Å². The molecule has 5 nitrogen and oxygen atoms in total. The Morgan fingerprint density at radius 2 is 2.26 bits per heavy atom. The molecule has 2 aromatic rings. The molecule has 0 aliphatic rings. The van der Waals surface area contributed by atoms with Crippen molar-refractivity contribution in [2.24, 2.45) is 7.05 Å². The summed E-state index contributed by atoms with van der Waals surface area (Å²) in [6, 6.07) is 5.56. The Hall–Kier alpha value is -2.37. The molecule has 0 amide bonds. The van der Waals surface area contributed by atoms with Crippen LogP contribution >= 0.6 is 0 Å². The van der Waals surface area contributed by atoms with Gasteiger partial charge in [-0.25, -0.2) is 9.18 Å². The van der Waals surface area contributed by atoms with Crippen molar-refractivity contribution in [2.75, 3.05) is 11.9 Å². The quantitative estimate of drug-likeness (QED) is 0.864. The third-order valence-corrected chi connectivity index (χ3v) is 2.68. The zero-order valence-electron chi connectivity index (χ0n) is 10.4. The molecule has 2 rings (SSSR count). The summed E-state index contributed by atoms with van der Waals surface area (Å²) in [5.74, 6) is -1.72. The normalized spacial score (nSPS) is 10.4. The van der Waals surface area contributed by atoms with E-state index in [0.717, 1.165) is 11.8 Å². The van der Waals surface area contributed by atoms with Crippen LogP contribution in [0.3, 0.4) is 0 Å². The van der Waals surface area contributed by atoms with Gasteiger partial charge in [0, 0.05) is 31.9 Å². The maximum Gasteiger partial charge on any atom is 0.337 e. The van der Waals surface area contributed by atoms with Crippen LogP contribution in [0.25, 0.3) is 0 Å². The van der Waals surface area contributed by atoms with E-state index in [0.29, 0.717) is 18.7 Å². The van der Waals surface area contributed by atoms with Crippen LogP contribution in [0.15, 0.2) is 30.5 Å². The molecule has 0 atom stereocenters. The Balaban J connectivity index is 2.01. The number of hydrogen-bond acceptors (Lipinski definition) is 3. The molecule has 19 heavy (non-hydrogen) atoms. The number of anilines is 1. The summed E-state index contributed by atoms with van der Waals surface area (Å²) in [6.45, 7) is 0.531. The van der Waals surface area contributed by atoms with Crippen molar-refractivity contribution >= 4 is 11.7 Å². The molecule has 0 aliphatic heterocycles. The van der Waals surface area contributed by atoms with E-state index < -0.39 is 11.8 Å². The molecule has 0 bridgehead atoms. The lowest BCUT2D eigenvalue weighted by atomic mass is 10.1. The average Bonchev–Trinajstić information content (AvgIpc) is 2.77. The van der Waals surface area contributed by atoms with E-state index in [1.54, 1.807) is 4.68 Å². The van der Waals surface area contributed by atoms with Crippen LogP contribution in [0.2, 0.25) is 0 Å². The molecule has 1 aromatic heterocycles. The number of halogens is 1. The van der Waals surface area contributed by atoms with E-state index in [-0.39, 0.29) is 5.56 Å². The summed E-state index contributed by atoms with van der Waals surface area (Å²) in [5.41, 5.74) is 1.25. The van der Waals surface area contributed by atoms with Crippen molar-refractivity contribution in [1.82, 2.24) is 9.78 Å². The van der Waals surface area contributed by atoms with Crippen molar-refractivity contribution in [1.29, 1.82) is 0 Å². The number of carboxylic acids is 1. The third kappa shape index (κ3) is 3.31. The molecule has 1 aromatic carbocycles. The van der Waals surface area contributed by atoms with Gasteiger partial charge in [0.05, 0.1) is 11.3 Å². The number of aromatic carboxylic acids is 1. The Labute approximate surface area is 109 Å². The number of carbonyl (C=O) groups is 1. The molecule has 0 saturated carbocycles. The first kappa shape index (κ1) is 13.1. The lowest BCUT2D eigenvalue weighted by Gasteiger charge is -2.08. The summed E-state index contributed by atoms with van der Waals surface area (Å²) in [7, 11) is 1.83. The molecule has 2 N–H and O–H groups in total. The number of aromatic nitrogens is 2. The average molecular weight is 263 g/mol. The summed E-state index contributed by atoms with van der Waals surface area (Å²) >= 11 is 0. The van der Waals surface area contributed by atoms with Crippen LogP contribution < -0.4 is 5.32 Å². The molecular formula is C13H14FN3O2.